The third kappa shape index (κ3) is 5.29. The van der Waals surface area contributed by atoms with Crippen molar-refractivity contribution in [3.8, 4) is 0 Å². The van der Waals surface area contributed by atoms with Gasteiger partial charge in [-0.15, -0.1) is 0 Å². The van der Waals surface area contributed by atoms with E-state index in [2.05, 4.69) is 10.6 Å². The Hall–Kier alpha value is -2.42. The molecule has 142 valence electrons. The van der Waals surface area contributed by atoms with E-state index in [1.54, 1.807) is 7.05 Å². The first-order valence-electron chi connectivity index (χ1n) is 7.73. The highest BCUT2D eigenvalue weighted by Gasteiger charge is 2.11. The van der Waals surface area contributed by atoms with Crippen LogP contribution in [-0.2, 0) is 0 Å². The molecule has 0 saturated carbocycles. The van der Waals surface area contributed by atoms with Gasteiger partial charge in [0, 0.05) is 61.8 Å². The maximum atomic E-state index is 13.1. The van der Waals surface area contributed by atoms with E-state index in [0.717, 1.165) is 24.3 Å². The van der Waals surface area contributed by atoms with Crippen molar-refractivity contribution in [1.29, 1.82) is 0 Å². The highest BCUT2D eigenvalue weighted by molar-refractivity contribution is 5.44. The molecule has 0 spiro atoms. The number of nitrogens with one attached hydrogen (secondary N) is 2. The number of hydrogen-bond donors (Lipinski definition) is 2. The van der Waals surface area contributed by atoms with Gasteiger partial charge in [0.25, 0.3) is 0 Å². The predicted octanol–water partition coefficient (Wildman–Crippen LogP) is 3.98. The maximum Gasteiger partial charge on any atom is 0.194 e. The third-order valence-corrected chi connectivity index (χ3v) is 3.61. The van der Waals surface area contributed by atoms with Crippen LogP contribution in [0.4, 0.5) is 37.7 Å². The van der Waals surface area contributed by atoms with Crippen LogP contribution in [0.25, 0.3) is 0 Å². The molecule has 2 N–H and O–H groups in total. The molecule has 2 aromatic rings. The van der Waals surface area contributed by atoms with E-state index in [1.807, 2.05) is 4.90 Å². The van der Waals surface area contributed by atoms with Crippen LogP contribution < -0.4 is 10.6 Å². The van der Waals surface area contributed by atoms with Gasteiger partial charge in [0.1, 0.15) is 0 Å². The van der Waals surface area contributed by atoms with Gasteiger partial charge in [0.2, 0.25) is 0 Å². The molecule has 0 aliphatic carbocycles. The first-order valence-corrected chi connectivity index (χ1v) is 7.73. The molecule has 0 aromatic heterocycles. The molecular formula is C17H17F6N3. The molecule has 2 aromatic carbocycles. The molecule has 26 heavy (non-hydrogen) atoms. The summed E-state index contributed by atoms with van der Waals surface area (Å²) in [6, 6.07) is 3.43. The molecule has 9 heteroatoms. The maximum absolute atomic E-state index is 13.1. The lowest BCUT2D eigenvalue weighted by molar-refractivity contribution is 0.360. The minimum absolute atomic E-state index is 0.116. The van der Waals surface area contributed by atoms with E-state index in [9.17, 15) is 26.3 Å². The van der Waals surface area contributed by atoms with Gasteiger partial charge in [0.05, 0.1) is 0 Å². The largest absolute Gasteiger partial charge is 0.384 e. The summed E-state index contributed by atoms with van der Waals surface area (Å²) in [5.41, 5.74) is 0.232. The second kappa shape index (κ2) is 8.79. The zero-order valence-electron chi connectivity index (χ0n) is 13.9. The van der Waals surface area contributed by atoms with Gasteiger partial charge in [-0.2, -0.15) is 0 Å². The molecule has 0 radical (unpaired) electrons. The van der Waals surface area contributed by atoms with E-state index in [-0.39, 0.29) is 11.4 Å². The molecule has 0 fully saturated rings. The standard InChI is InChI=1S/C17H17F6N3/c1-26(4-2-24-10-6-12(18)16(22)13(19)7-10)5-3-25-11-8-14(20)17(23)15(21)9-11/h6-9,24-25H,2-5H2,1H3. The summed E-state index contributed by atoms with van der Waals surface area (Å²) in [7, 11) is 1.76. The SMILES string of the molecule is CN(CCNc1cc(F)c(F)c(F)c1)CCNc1cc(F)c(F)c(F)c1. The summed E-state index contributed by atoms with van der Waals surface area (Å²) in [5, 5.41) is 5.53. The van der Waals surface area contributed by atoms with Crippen LogP contribution in [-0.4, -0.2) is 38.1 Å². The van der Waals surface area contributed by atoms with Crippen molar-refractivity contribution >= 4 is 11.4 Å². The molecule has 0 saturated heterocycles. The normalized spacial score (nSPS) is 11.1. The van der Waals surface area contributed by atoms with Gasteiger partial charge in [-0.25, -0.2) is 26.3 Å². The van der Waals surface area contributed by atoms with Crippen molar-refractivity contribution in [2.45, 2.75) is 0 Å². The summed E-state index contributed by atoms with van der Waals surface area (Å²) in [6.45, 7) is 1.63. The van der Waals surface area contributed by atoms with Crippen molar-refractivity contribution in [3.05, 3.63) is 59.2 Å². The lowest BCUT2D eigenvalue weighted by Gasteiger charge is -2.18. The lowest BCUT2D eigenvalue weighted by atomic mass is 10.3. The van der Waals surface area contributed by atoms with Crippen LogP contribution >= 0.6 is 0 Å². The number of benzene rings is 2. The average Bonchev–Trinajstić information content (AvgIpc) is 2.57. The molecule has 0 amide bonds. The first kappa shape index (κ1) is 19.9. The fourth-order valence-corrected chi connectivity index (χ4v) is 2.21. The van der Waals surface area contributed by atoms with Crippen LogP contribution in [0.1, 0.15) is 0 Å². The second-order valence-corrected chi connectivity index (χ2v) is 5.66. The minimum atomic E-state index is -1.52. The number of anilines is 2. The topological polar surface area (TPSA) is 27.3 Å². The van der Waals surface area contributed by atoms with Gasteiger partial charge < -0.3 is 15.5 Å². The van der Waals surface area contributed by atoms with E-state index in [4.69, 9.17) is 0 Å². The Morgan fingerprint density at radius 2 is 0.962 bits per heavy atom. The zero-order valence-corrected chi connectivity index (χ0v) is 13.9. The summed E-state index contributed by atoms with van der Waals surface area (Å²) >= 11 is 0. The smallest absolute Gasteiger partial charge is 0.194 e. The van der Waals surface area contributed by atoms with Gasteiger partial charge in [-0.3, -0.25) is 0 Å². The van der Waals surface area contributed by atoms with Gasteiger partial charge >= 0.3 is 0 Å². The van der Waals surface area contributed by atoms with Crippen molar-refractivity contribution in [3.63, 3.8) is 0 Å². The molecule has 2 rings (SSSR count). The summed E-state index contributed by atoms with van der Waals surface area (Å²) in [4.78, 5) is 1.84. The quantitative estimate of drug-likeness (QED) is 0.538. The summed E-state index contributed by atoms with van der Waals surface area (Å²) in [6.07, 6.45) is 0. The molecule has 0 heterocycles. The van der Waals surface area contributed by atoms with Crippen LogP contribution in [0.2, 0.25) is 0 Å². The van der Waals surface area contributed by atoms with E-state index < -0.39 is 34.9 Å². The Bertz CT molecular complexity index is 659. The Morgan fingerprint density at radius 1 is 0.654 bits per heavy atom. The molecule has 3 nitrogen and oxygen atoms in total. The fourth-order valence-electron chi connectivity index (χ4n) is 2.21. The van der Waals surface area contributed by atoms with Crippen molar-refractivity contribution in [2.75, 3.05) is 43.9 Å². The van der Waals surface area contributed by atoms with Gasteiger partial charge in [0.15, 0.2) is 34.9 Å². The number of hydrogen-bond acceptors (Lipinski definition) is 3. The van der Waals surface area contributed by atoms with Gasteiger partial charge in [-0.05, 0) is 7.05 Å². The predicted molar refractivity (Wildman–Crippen MR) is 87.1 cm³/mol. The molecular weight excluding hydrogens is 360 g/mol. The minimum Gasteiger partial charge on any atom is -0.384 e. The third-order valence-electron chi connectivity index (χ3n) is 3.61. The Kier molecular flexibility index (Phi) is 6.73. The summed E-state index contributed by atoms with van der Waals surface area (Å²) < 4.78 is 78.0. The zero-order chi connectivity index (χ0) is 19.3. The molecule has 0 atom stereocenters. The Balaban J connectivity index is 1.73. The van der Waals surface area contributed by atoms with Crippen LogP contribution in [0, 0.1) is 34.9 Å². The highest BCUT2D eigenvalue weighted by atomic mass is 19.2. The van der Waals surface area contributed by atoms with Crippen LogP contribution in [0.5, 0.6) is 0 Å². The summed E-state index contributed by atoms with van der Waals surface area (Å²) in [5.74, 6) is -8.14. The lowest BCUT2D eigenvalue weighted by Crippen LogP contribution is -2.29. The molecule has 0 unspecified atom stereocenters. The Labute approximate surface area is 146 Å². The van der Waals surface area contributed by atoms with Crippen molar-refractivity contribution in [2.24, 2.45) is 0 Å². The molecule has 0 aliphatic heterocycles. The molecule has 0 aliphatic rings. The van der Waals surface area contributed by atoms with E-state index in [1.165, 1.54) is 0 Å². The number of likely N-dealkylation sites (N-methyl/N-ethyl adjacent to an activating group) is 1. The van der Waals surface area contributed by atoms with E-state index >= 15 is 0 Å². The van der Waals surface area contributed by atoms with E-state index in [0.29, 0.717) is 26.2 Å². The second-order valence-electron chi connectivity index (χ2n) is 5.66. The van der Waals surface area contributed by atoms with Crippen molar-refractivity contribution in [1.82, 2.24) is 4.90 Å². The number of rotatable bonds is 8. The van der Waals surface area contributed by atoms with Crippen LogP contribution in [0.15, 0.2) is 24.3 Å². The van der Waals surface area contributed by atoms with Gasteiger partial charge in [-0.1, -0.05) is 0 Å². The number of nitrogens with zero attached hydrogens (tertiary/aromatic N) is 1. The number of halogens is 6. The van der Waals surface area contributed by atoms with Crippen LogP contribution in [0.3, 0.4) is 0 Å². The first-order chi connectivity index (χ1) is 12.3. The average molecular weight is 377 g/mol. The monoisotopic (exact) mass is 377 g/mol. The molecule has 0 bridgehead atoms. The highest BCUT2D eigenvalue weighted by Crippen LogP contribution is 2.18. The Morgan fingerprint density at radius 3 is 1.27 bits per heavy atom. The fraction of sp³-hybridized carbons (Fsp3) is 0.294. The van der Waals surface area contributed by atoms with Crippen molar-refractivity contribution < 1.29 is 26.3 Å².